The Balaban J connectivity index is 1.67. The zero-order valence-electron chi connectivity index (χ0n) is 17.0. The molecule has 0 radical (unpaired) electrons. The highest BCUT2D eigenvalue weighted by atomic mass is 35.5. The maximum Gasteiger partial charge on any atom is 0.151 e. The first-order valence-electron chi connectivity index (χ1n) is 9.44. The average molecular weight is 486 g/mol. The number of hydrogen-bond donors (Lipinski definition) is 3. The predicted octanol–water partition coefficient (Wildman–Crippen LogP) is 5.25. The Kier molecular flexibility index (Phi) is 6.13. The normalized spacial score (nSPS) is 11.4. The quantitative estimate of drug-likeness (QED) is 0.338. The maximum absolute atomic E-state index is 9.89. The molecule has 0 unspecified atom stereocenters. The average Bonchev–Trinajstić information content (AvgIpc) is 3.16. The van der Waals surface area contributed by atoms with Gasteiger partial charge in [0.05, 0.1) is 37.5 Å². The summed E-state index contributed by atoms with van der Waals surface area (Å²) in [5, 5.41) is 26.6. The molecule has 0 spiro atoms. The van der Waals surface area contributed by atoms with E-state index in [-0.39, 0.29) is 0 Å². The Bertz CT molecular complexity index is 1320. The van der Waals surface area contributed by atoms with Crippen molar-refractivity contribution in [1.82, 2.24) is 19.9 Å². The number of anilines is 3. The van der Waals surface area contributed by atoms with Gasteiger partial charge in [0.2, 0.25) is 0 Å². The third-order valence-corrected chi connectivity index (χ3v) is 6.00. The number of aliphatic hydroxyl groups is 1. The predicted molar refractivity (Wildman–Crippen MR) is 128 cm³/mol. The van der Waals surface area contributed by atoms with E-state index >= 15 is 0 Å². The van der Waals surface area contributed by atoms with Gasteiger partial charge >= 0.3 is 0 Å². The van der Waals surface area contributed by atoms with Crippen molar-refractivity contribution in [3.8, 4) is 16.6 Å². The minimum atomic E-state index is -0.876. The Morgan fingerprint density at radius 1 is 1.12 bits per heavy atom. The van der Waals surface area contributed by atoms with Crippen LogP contribution in [0.5, 0.6) is 0 Å². The van der Waals surface area contributed by atoms with Crippen LogP contribution in [0.2, 0.25) is 10.0 Å². The smallest absolute Gasteiger partial charge is 0.151 e. The fourth-order valence-electron chi connectivity index (χ4n) is 2.84. The van der Waals surface area contributed by atoms with Crippen molar-refractivity contribution in [2.45, 2.75) is 19.4 Å². The number of benzene rings is 1. The van der Waals surface area contributed by atoms with Gasteiger partial charge in [-0.05, 0) is 32.0 Å². The fraction of sp³-hybridized carbons (Fsp3) is 0.190. The van der Waals surface area contributed by atoms with Crippen LogP contribution in [-0.4, -0.2) is 37.2 Å². The Labute approximate surface area is 197 Å². The van der Waals surface area contributed by atoms with E-state index in [0.29, 0.717) is 55.7 Å². The minimum Gasteiger partial charge on any atom is -0.389 e. The molecular weight excluding hydrogens is 469 g/mol. The number of fused-ring (bicyclic) bond motifs is 1. The topological polar surface area (TPSA) is 120 Å². The fourth-order valence-corrected chi connectivity index (χ4v) is 4.70. The molecule has 0 aliphatic carbocycles. The molecule has 0 fully saturated rings. The van der Waals surface area contributed by atoms with Gasteiger partial charge in [0.1, 0.15) is 23.0 Å². The molecule has 4 rings (SSSR count). The van der Waals surface area contributed by atoms with Crippen LogP contribution in [0.15, 0.2) is 36.8 Å². The molecule has 32 heavy (non-hydrogen) atoms. The van der Waals surface area contributed by atoms with Gasteiger partial charge in [-0.2, -0.15) is 5.26 Å². The molecule has 0 bridgehead atoms. The van der Waals surface area contributed by atoms with E-state index in [4.69, 9.17) is 28.5 Å². The lowest BCUT2D eigenvalue weighted by Gasteiger charge is -2.18. The highest BCUT2D eigenvalue weighted by Gasteiger charge is 2.18. The van der Waals surface area contributed by atoms with Crippen LogP contribution in [0.4, 0.5) is 17.5 Å². The van der Waals surface area contributed by atoms with Gasteiger partial charge in [0.15, 0.2) is 5.82 Å². The first kappa shape index (κ1) is 22.2. The highest BCUT2D eigenvalue weighted by Crippen LogP contribution is 2.41. The van der Waals surface area contributed by atoms with Gasteiger partial charge in [0, 0.05) is 24.4 Å². The Morgan fingerprint density at radius 2 is 1.84 bits per heavy atom. The summed E-state index contributed by atoms with van der Waals surface area (Å²) in [6, 6.07) is 8.68. The highest BCUT2D eigenvalue weighted by molar-refractivity contribution is 7.22. The van der Waals surface area contributed by atoms with Crippen LogP contribution >= 0.6 is 34.5 Å². The largest absolute Gasteiger partial charge is 0.389 e. The summed E-state index contributed by atoms with van der Waals surface area (Å²) in [5.74, 6) is 1.67. The van der Waals surface area contributed by atoms with Crippen LogP contribution in [0.1, 0.15) is 19.4 Å². The van der Waals surface area contributed by atoms with Crippen LogP contribution < -0.4 is 10.6 Å². The van der Waals surface area contributed by atoms with Crippen LogP contribution in [0, 0.1) is 11.3 Å². The van der Waals surface area contributed by atoms with E-state index in [9.17, 15) is 5.11 Å². The lowest BCUT2D eigenvalue weighted by Crippen LogP contribution is -2.29. The van der Waals surface area contributed by atoms with Gasteiger partial charge < -0.3 is 15.7 Å². The van der Waals surface area contributed by atoms with Crippen molar-refractivity contribution in [2.75, 3.05) is 17.2 Å². The van der Waals surface area contributed by atoms with Crippen molar-refractivity contribution >= 4 is 62.2 Å². The zero-order chi connectivity index (χ0) is 22.9. The molecule has 3 N–H and O–H groups in total. The molecular formula is C21H17Cl2N7OS. The number of aromatic nitrogens is 4. The second kappa shape index (κ2) is 8.84. The SMILES string of the molecule is CC(C)(O)CNc1cc(Nc2nccc3nc(-c4c(Cl)cc(C#N)cc4Cl)sc23)ncn1. The number of thiazole rings is 1. The lowest BCUT2D eigenvalue weighted by atomic mass is 10.1. The summed E-state index contributed by atoms with van der Waals surface area (Å²) in [7, 11) is 0. The number of rotatable bonds is 6. The third-order valence-electron chi connectivity index (χ3n) is 4.31. The summed E-state index contributed by atoms with van der Waals surface area (Å²) < 4.78 is 0.795. The van der Waals surface area contributed by atoms with Crippen molar-refractivity contribution in [2.24, 2.45) is 0 Å². The Hall–Kier alpha value is -3.03. The van der Waals surface area contributed by atoms with Gasteiger partial charge in [0.25, 0.3) is 0 Å². The molecule has 3 aromatic heterocycles. The molecule has 11 heteroatoms. The molecule has 162 valence electrons. The van der Waals surface area contributed by atoms with Crippen LogP contribution in [0.3, 0.4) is 0 Å². The number of nitrogens with zero attached hydrogens (tertiary/aromatic N) is 5. The van der Waals surface area contributed by atoms with E-state index in [1.54, 1.807) is 44.3 Å². The number of hydrogen-bond acceptors (Lipinski definition) is 9. The molecule has 3 heterocycles. The van der Waals surface area contributed by atoms with E-state index < -0.39 is 5.60 Å². The zero-order valence-corrected chi connectivity index (χ0v) is 19.3. The molecule has 4 aromatic rings. The molecule has 0 saturated heterocycles. The van der Waals surface area contributed by atoms with Crippen LogP contribution in [-0.2, 0) is 0 Å². The molecule has 0 amide bonds. The molecule has 0 aliphatic heterocycles. The monoisotopic (exact) mass is 485 g/mol. The number of pyridine rings is 1. The molecule has 0 aliphatic rings. The van der Waals surface area contributed by atoms with E-state index in [0.717, 1.165) is 4.70 Å². The van der Waals surface area contributed by atoms with Crippen molar-refractivity contribution in [3.05, 3.63) is 52.4 Å². The summed E-state index contributed by atoms with van der Waals surface area (Å²) >= 11 is 14.1. The van der Waals surface area contributed by atoms with E-state index in [2.05, 4.69) is 30.6 Å². The maximum atomic E-state index is 9.89. The van der Waals surface area contributed by atoms with Crippen LogP contribution in [0.25, 0.3) is 20.8 Å². The first-order chi connectivity index (χ1) is 15.2. The van der Waals surface area contributed by atoms with Crippen molar-refractivity contribution < 1.29 is 5.11 Å². The number of nitriles is 1. The lowest BCUT2D eigenvalue weighted by molar-refractivity contribution is 0.0944. The second-order valence-corrected chi connectivity index (χ2v) is 9.35. The van der Waals surface area contributed by atoms with Crippen molar-refractivity contribution in [3.63, 3.8) is 0 Å². The molecule has 8 nitrogen and oxygen atoms in total. The summed E-state index contributed by atoms with van der Waals surface area (Å²) in [6.45, 7) is 3.75. The number of nitrogens with one attached hydrogen (secondary N) is 2. The second-order valence-electron chi connectivity index (χ2n) is 7.53. The summed E-state index contributed by atoms with van der Waals surface area (Å²) in [4.78, 5) is 17.5. The van der Waals surface area contributed by atoms with Gasteiger partial charge in [-0.15, -0.1) is 11.3 Å². The van der Waals surface area contributed by atoms with E-state index in [1.807, 2.05) is 6.07 Å². The van der Waals surface area contributed by atoms with Gasteiger partial charge in [-0.25, -0.2) is 19.9 Å². The summed E-state index contributed by atoms with van der Waals surface area (Å²) in [6.07, 6.45) is 3.06. The van der Waals surface area contributed by atoms with Gasteiger partial charge in [-0.3, -0.25) is 0 Å². The van der Waals surface area contributed by atoms with Gasteiger partial charge in [-0.1, -0.05) is 23.2 Å². The Morgan fingerprint density at radius 3 is 2.53 bits per heavy atom. The van der Waals surface area contributed by atoms with Crippen molar-refractivity contribution in [1.29, 1.82) is 5.26 Å². The summed E-state index contributed by atoms with van der Waals surface area (Å²) in [5.41, 5.74) is 0.790. The molecule has 0 atom stereocenters. The number of halogens is 2. The van der Waals surface area contributed by atoms with E-state index in [1.165, 1.54) is 17.7 Å². The standard InChI is InChI=1S/C21H17Cl2N7OS/c1-21(2,31)9-26-15-7-16(28-10-27-15)30-19-18-14(3-4-25-19)29-20(32-18)17-12(22)5-11(8-24)6-13(17)23/h3-7,10,31H,9H2,1-2H3,(H2,25,26,27,28,30). The molecule has 0 saturated carbocycles. The minimum absolute atomic E-state index is 0.335. The third kappa shape index (κ3) is 4.89. The molecule has 1 aromatic carbocycles. The first-order valence-corrected chi connectivity index (χ1v) is 11.0.